The molecule has 3 N–H and O–H groups in total. The largest absolute Gasteiger partial charge is 0.417 e. The van der Waals surface area contributed by atoms with Gasteiger partial charge < -0.3 is 11.1 Å². The number of carbonyl (C=O) groups excluding carboxylic acids is 1. The first kappa shape index (κ1) is 14.1. The van der Waals surface area contributed by atoms with Crippen molar-refractivity contribution in [2.45, 2.75) is 6.18 Å². The van der Waals surface area contributed by atoms with Gasteiger partial charge in [-0.3, -0.25) is 4.79 Å². The fraction of sp³-hybridized carbons (Fsp3) is 0.250. The highest BCUT2D eigenvalue weighted by Crippen LogP contribution is 2.31. The maximum Gasteiger partial charge on any atom is 0.417 e. The Labute approximate surface area is 102 Å². The lowest BCUT2D eigenvalue weighted by molar-refractivity contribution is -0.137. The third-order valence-electron chi connectivity index (χ3n) is 2.01. The number of alkyl halides is 3. The van der Waals surface area contributed by atoms with Crippen LogP contribution in [-0.4, -0.2) is 19.0 Å². The number of rotatable bonds is 2. The predicted octanol–water partition coefficient (Wildman–Crippen LogP) is 1.13. The van der Waals surface area contributed by atoms with Crippen molar-refractivity contribution in [3.8, 4) is 11.8 Å². The van der Waals surface area contributed by atoms with Crippen molar-refractivity contribution in [1.82, 2.24) is 5.32 Å². The van der Waals surface area contributed by atoms with Crippen molar-refractivity contribution < 1.29 is 18.0 Å². The Morgan fingerprint density at radius 2 is 2.00 bits per heavy atom. The molecule has 0 aliphatic rings. The summed E-state index contributed by atoms with van der Waals surface area (Å²) in [6, 6.07) is 5.00. The minimum Gasteiger partial charge on any atom is -0.344 e. The molecule has 0 atom stereocenters. The zero-order valence-corrected chi connectivity index (χ0v) is 9.34. The van der Waals surface area contributed by atoms with Crippen molar-refractivity contribution in [1.29, 1.82) is 0 Å². The molecule has 0 saturated heterocycles. The highest BCUT2D eigenvalue weighted by molar-refractivity contribution is 5.77. The molecule has 3 nitrogen and oxygen atoms in total. The topological polar surface area (TPSA) is 55.1 Å². The van der Waals surface area contributed by atoms with Crippen LogP contribution in [0, 0.1) is 11.8 Å². The molecule has 0 aromatic heterocycles. The van der Waals surface area contributed by atoms with Crippen LogP contribution in [-0.2, 0) is 11.0 Å². The van der Waals surface area contributed by atoms with Crippen LogP contribution in [0.4, 0.5) is 13.2 Å². The molecule has 0 fully saturated rings. The van der Waals surface area contributed by atoms with Gasteiger partial charge in [-0.1, -0.05) is 24.0 Å². The Morgan fingerprint density at radius 3 is 2.61 bits per heavy atom. The number of carbonyl (C=O) groups is 1. The number of hydrogen-bond acceptors (Lipinski definition) is 2. The number of nitrogens with one attached hydrogen (secondary N) is 1. The van der Waals surface area contributed by atoms with Crippen molar-refractivity contribution in [2.24, 2.45) is 5.73 Å². The van der Waals surface area contributed by atoms with E-state index in [1.165, 1.54) is 18.2 Å². The summed E-state index contributed by atoms with van der Waals surface area (Å²) >= 11 is 0. The first-order valence-electron chi connectivity index (χ1n) is 5.07. The van der Waals surface area contributed by atoms with Crippen molar-refractivity contribution in [2.75, 3.05) is 13.1 Å². The van der Waals surface area contributed by atoms with Crippen LogP contribution >= 0.6 is 0 Å². The summed E-state index contributed by atoms with van der Waals surface area (Å²) in [7, 11) is 0. The Morgan fingerprint density at radius 1 is 1.33 bits per heavy atom. The summed E-state index contributed by atoms with van der Waals surface area (Å²) < 4.78 is 37.8. The molecule has 0 aliphatic heterocycles. The summed E-state index contributed by atoms with van der Waals surface area (Å²) in [6.07, 6.45) is -4.44. The second-order valence-corrected chi connectivity index (χ2v) is 3.33. The van der Waals surface area contributed by atoms with Crippen LogP contribution in [0.15, 0.2) is 24.3 Å². The van der Waals surface area contributed by atoms with Crippen molar-refractivity contribution >= 4 is 5.91 Å². The second kappa shape index (κ2) is 6.07. The zero-order valence-electron chi connectivity index (χ0n) is 9.34. The monoisotopic (exact) mass is 256 g/mol. The molecule has 0 bridgehead atoms. The Kier molecular flexibility index (Phi) is 4.75. The maximum absolute atomic E-state index is 12.6. The van der Waals surface area contributed by atoms with Gasteiger partial charge in [0, 0.05) is 5.56 Å². The third-order valence-corrected chi connectivity index (χ3v) is 2.01. The minimum atomic E-state index is -4.44. The molecule has 1 aromatic rings. The molecular weight excluding hydrogens is 245 g/mol. The molecule has 1 amide bonds. The lowest BCUT2D eigenvalue weighted by atomic mass is 10.1. The van der Waals surface area contributed by atoms with E-state index in [4.69, 9.17) is 5.73 Å². The van der Waals surface area contributed by atoms with Crippen LogP contribution in [0.2, 0.25) is 0 Å². The second-order valence-electron chi connectivity index (χ2n) is 3.33. The molecule has 0 aliphatic carbocycles. The molecule has 18 heavy (non-hydrogen) atoms. The van der Waals surface area contributed by atoms with E-state index in [9.17, 15) is 18.0 Å². The minimum absolute atomic E-state index is 0.0395. The van der Waals surface area contributed by atoms with Gasteiger partial charge >= 0.3 is 6.18 Å². The quantitative estimate of drug-likeness (QED) is 0.779. The van der Waals surface area contributed by atoms with E-state index < -0.39 is 17.6 Å². The molecule has 0 saturated carbocycles. The molecule has 1 aromatic carbocycles. The molecule has 0 unspecified atom stereocenters. The maximum atomic E-state index is 12.6. The van der Waals surface area contributed by atoms with Gasteiger partial charge in [0.05, 0.1) is 18.7 Å². The van der Waals surface area contributed by atoms with Crippen LogP contribution < -0.4 is 11.1 Å². The van der Waals surface area contributed by atoms with E-state index in [1.807, 2.05) is 0 Å². The Hall–Kier alpha value is -2.00. The van der Waals surface area contributed by atoms with Gasteiger partial charge in [-0.15, -0.1) is 0 Å². The molecule has 0 heterocycles. The highest BCUT2D eigenvalue weighted by Gasteiger charge is 2.32. The third kappa shape index (κ3) is 4.11. The molecule has 1 rings (SSSR count). The normalized spacial score (nSPS) is 10.4. The van der Waals surface area contributed by atoms with Gasteiger partial charge in [0.2, 0.25) is 5.91 Å². The van der Waals surface area contributed by atoms with E-state index in [0.29, 0.717) is 0 Å². The summed E-state index contributed by atoms with van der Waals surface area (Å²) in [5, 5.41) is 2.34. The molecule has 0 radical (unpaired) electrons. The van der Waals surface area contributed by atoms with Gasteiger partial charge in [-0.25, -0.2) is 0 Å². The van der Waals surface area contributed by atoms with E-state index in [2.05, 4.69) is 17.2 Å². The Balaban J connectivity index is 2.79. The lowest BCUT2D eigenvalue weighted by Gasteiger charge is -2.08. The van der Waals surface area contributed by atoms with E-state index >= 15 is 0 Å². The average Bonchev–Trinajstić information content (AvgIpc) is 2.33. The van der Waals surface area contributed by atoms with E-state index in [-0.39, 0.29) is 18.7 Å². The van der Waals surface area contributed by atoms with E-state index in [1.54, 1.807) is 0 Å². The molecule has 0 spiro atoms. The highest BCUT2D eigenvalue weighted by atomic mass is 19.4. The number of amides is 1. The predicted molar refractivity (Wildman–Crippen MR) is 60.4 cm³/mol. The SMILES string of the molecule is NCC(=O)NCC#Cc1ccccc1C(F)(F)F. The van der Waals surface area contributed by atoms with Gasteiger partial charge in [0.15, 0.2) is 0 Å². The average molecular weight is 256 g/mol. The van der Waals surface area contributed by atoms with Gasteiger partial charge in [0.1, 0.15) is 0 Å². The van der Waals surface area contributed by atoms with Crippen LogP contribution in [0.25, 0.3) is 0 Å². The lowest BCUT2D eigenvalue weighted by Crippen LogP contribution is -2.30. The number of nitrogens with two attached hydrogens (primary N) is 1. The first-order chi connectivity index (χ1) is 8.45. The van der Waals surface area contributed by atoms with Gasteiger partial charge in [-0.2, -0.15) is 13.2 Å². The molecular formula is C12H11F3N2O. The van der Waals surface area contributed by atoms with Gasteiger partial charge in [-0.05, 0) is 12.1 Å². The van der Waals surface area contributed by atoms with Gasteiger partial charge in [0.25, 0.3) is 0 Å². The van der Waals surface area contributed by atoms with Crippen LogP contribution in [0.5, 0.6) is 0 Å². The smallest absolute Gasteiger partial charge is 0.344 e. The number of hydrogen-bond donors (Lipinski definition) is 2. The summed E-state index contributed by atoms with van der Waals surface area (Å²) in [6.45, 7) is -0.219. The molecule has 6 heteroatoms. The number of halogens is 3. The van der Waals surface area contributed by atoms with Crippen molar-refractivity contribution in [3.63, 3.8) is 0 Å². The summed E-state index contributed by atoms with van der Waals surface area (Å²) in [4.78, 5) is 10.8. The fourth-order valence-electron chi connectivity index (χ4n) is 1.19. The zero-order chi connectivity index (χ0) is 13.6. The Bertz CT molecular complexity index is 486. The standard InChI is InChI=1S/C12H11F3N2O/c13-12(14,15)10-6-2-1-4-9(10)5-3-7-17-11(18)8-16/h1-2,4,6H,7-8,16H2,(H,17,18). The van der Waals surface area contributed by atoms with Crippen LogP contribution in [0.1, 0.15) is 11.1 Å². The van der Waals surface area contributed by atoms with Crippen LogP contribution in [0.3, 0.4) is 0 Å². The van der Waals surface area contributed by atoms with Crippen molar-refractivity contribution in [3.05, 3.63) is 35.4 Å². The molecule has 96 valence electrons. The number of benzene rings is 1. The summed E-state index contributed by atoms with van der Waals surface area (Å²) in [5.41, 5.74) is 4.13. The fourth-order valence-corrected chi connectivity index (χ4v) is 1.19. The summed E-state index contributed by atoms with van der Waals surface area (Å²) in [5.74, 6) is 4.41. The first-order valence-corrected chi connectivity index (χ1v) is 5.07. The van der Waals surface area contributed by atoms with E-state index in [0.717, 1.165) is 6.07 Å².